The summed E-state index contributed by atoms with van der Waals surface area (Å²) in [5.41, 5.74) is 2.12. The van der Waals surface area contributed by atoms with Crippen LogP contribution >= 0.6 is 11.3 Å². The molecule has 140 valence electrons. The fourth-order valence-electron chi connectivity index (χ4n) is 2.62. The van der Waals surface area contributed by atoms with Gasteiger partial charge >= 0.3 is 0 Å². The molecule has 1 heterocycles. The van der Waals surface area contributed by atoms with Crippen molar-refractivity contribution in [3.05, 3.63) is 64.7 Å². The van der Waals surface area contributed by atoms with Crippen molar-refractivity contribution in [1.82, 2.24) is 10.2 Å². The molecule has 0 spiro atoms. The van der Waals surface area contributed by atoms with Crippen molar-refractivity contribution in [3.8, 4) is 11.5 Å². The molecule has 0 unspecified atom stereocenters. The normalized spacial score (nSPS) is 10.4. The Kier molecular flexibility index (Phi) is 6.38. The molecule has 0 aliphatic heterocycles. The molecular formula is C20H21N3O3S. The quantitative estimate of drug-likeness (QED) is 0.642. The predicted molar refractivity (Wildman–Crippen MR) is 106 cm³/mol. The van der Waals surface area contributed by atoms with E-state index < -0.39 is 0 Å². The second kappa shape index (κ2) is 9.14. The number of nitrogens with zero attached hydrogens (tertiary/aromatic N) is 2. The topological polar surface area (TPSA) is 73.3 Å². The SMILES string of the molecule is COc1ccc(CCC(=O)Nc2nnc(Cc3ccccc3OC)s2)cc1. The minimum absolute atomic E-state index is 0.0780. The minimum Gasteiger partial charge on any atom is -0.497 e. The first-order valence-electron chi connectivity index (χ1n) is 8.55. The van der Waals surface area contributed by atoms with Crippen molar-refractivity contribution in [1.29, 1.82) is 0 Å². The number of nitrogens with one attached hydrogen (secondary N) is 1. The molecule has 6 nitrogen and oxygen atoms in total. The zero-order valence-electron chi connectivity index (χ0n) is 15.3. The van der Waals surface area contributed by atoms with Crippen molar-refractivity contribution >= 4 is 22.4 Å². The monoisotopic (exact) mass is 383 g/mol. The van der Waals surface area contributed by atoms with Crippen LogP contribution in [-0.2, 0) is 17.6 Å². The van der Waals surface area contributed by atoms with Gasteiger partial charge in [0.15, 0.2) is 0 Å². The second-order valence-corrected chi connectivity index (χ2v) is 6.95. The lowest BCUT2D eigenvalue weighted by atomic mass is 10.1. The Morgan fingerprint density at radius 3 is 2.56 bits per heavy atom. The molecule has 2 aromatic carbocycles. The molecule has 0 aliphatic rings. The Hall–Kier alpha value is -2.93. The van der Waals surface area contributed by atoms with Gasteiger partial charge in [-0.15, -0.1) is 10.2 Å². The molecule has 1 aromatic heterocycles. The largest absolute Gasteiger partial charge is 0.497 e. The number of anilines is 1. The van der Waals surface area contributed by atoms with Gasteiger partial charge in [0, 0.05) is 18.4 Å². The van der Waals surface area contributed by atoms with Crippen LogP contribution in [0, 0.1) is 0 Å². The Bertz CT molecular complexity index is 893. The summed E-state index contributed by atoms with van der Waals surface area (Å²) >= 11 is 1.38. The molecule has 0 atom stereocenters. The molecule has 0 fully saturated rings. The molecule has 27 heavy (non-hydrogen) atoms. The highest BCUT2D eigenvalue weighted by atomic mass is 32.1. The molecule has 3 aromatic rings. The van der Waals surface area contributed by atoms with Crippen LogP contribution in [0.2, 0.25) is 0 Å². The molecular weight excluding hydrogens is 362 g/mol. The van der Waals surface area contributed by atoms with Gasteiger partial charge in [0.2, 0.25) is 11.0 Å². The number of carbonyl (C=O) groups is 1. The van der Waals surface area contributed by atoms with Gasteiger partial charge in [0.1, 0.15) is 16.5 Å². The molecule has 1 N–H and O–H groups in total. The third-order valence-corrected chi connectivity index (χ3v) is 4.89. The van der Waals surface area contributed by atoms with Crippen molar-refractivity contribution in [2.75, 3.05) is 19.5 Å². The van der Waals surface area contributed by atoms with Crippen LogP contribution in [0.25, 0.3) is 0 Å². The van der Waals surface area contributed by atoms with Gasteiger partial charge in [-0.05, 0) is 30.2 Å². The summed E-state index contributed by atoms with van der Waals surface area (Å²) in [6.45, 7) is 0. The maximum Gasteiger partial charge on any atom is 0.226 e. The number of amides is 1. The van der Waals surface area contributed by atoms with Gasteiger partial charge in [0.05, 0.1) is 14.2 Å². The van der Waals surface area contributed by atoms with Gasteiger partial charge in [-0.1, -0.05) is 41.7 Å². The van der Waals surface area contributed by atoms with Crippen molar-refractivity contribution < 1.29 is 14.3 Å². The van der Waals surface area contributed by atoms with E-state index in [2.05, 4.69) is 15.5 Å². The molecule has 0 saturated heterocycles. The number of hydrogen-bond donors (Lipinski definition) is 1. The van der Waals surface area contributed by atoms with Crippen molar-refractivity contribution in [2.45, 2.75) is 19.3 Å². The van der Waals surface area contributed by atoms with Crippen LogP contribution in [0.15, 0.2) is 48.5 Å². The highest BCUT2D eigenvalue weighted by molar-refractivity contribution is 7.15. The summed E-state index contributed by atoms with van der Waals surface area (Å²) in [5, 5.41) is 12.4. The van der Waals surface area contributed by atoms with Crippen molar-refractivity contribution in [3.63, 3.8) is 0 Å². The Labute approximate surface area is 162 Å². The van der Waals surface area contributed by atoms with E-state index in [1.165, 1.54) is 11.3 Å². The second-order valence-electron chi connectivity index (χ2n) is 5.89. The molecule has 0 radical (unpaired) electrons. The number of benzene rings is 2. The third kappa shape index (κ3) is 5.27. The van der Waals surface area contributed by atoms with Crippen LogP contribution in [0.1, 0.15) is 22.6 Å². The van der Waals surface area contributed by atoms with Crippen LogP contribution in [-0.4, -0.2) is 30.3 Å². The molecule has 0 saturated carbocycles. The summed E-state index contributed by atoms with van der Waals surface area (Å²) < 4.78 is 10.5. The maximum atomic E-state index is 12.2. The van der Waals surface area contributed by atoms with E-state index in [0.717, 1.165) is 27.6 Å². The Morgan fingerprint density at radius 1 is 1.04 bits per heavy atom. The van der Waals surface area contributed by atoms with Crippen LogP contribution in [0.5, 0.6) is 11.5 Å². The highest BCUT2D eigenvalue weighted by Crippen LogP contribution is 2.24. The molecule has 7 heteroatoms. The predicted octanol–water partition coefficient (Wildman–Crippen LogP) is 3.72. The van der Waals surface area contributed by atoms with Crippen LogP contribution < -0.4 is 14.8 Å². The number of methoxy groups -OCH3 is 2. The number of para-hydroxylation sites is 1. The van der Waals surface area contributed by atoms with E-state index in [1.807, 2.05) is 48.5 Å². The van der Waals surface area contributed by atoms with Gasteiger partial charge in [0.25, 0.3) is 0 Å². The highest BCUT2D eigenvalue weighted by Gasteiger charge is 2.11. The summed E-state index contributed by atoms with van der Waals surface area (Å²) in [6, 6.07) is 15.5. The van der Waals surface area contributed by atoms with Gasteiger partial charge in [-0.2, -0.15) is 0 Å². The van der Waals surface area contributed by atoms with Gasteiger partial charge < -0.3 is 14.8 Å². The Balaban J connectivity index is 1.53. The first-order valence-corrected chi connectivity index (χ1v) is 9.36. The lowest BCUT2D eigenvalue weighted by Crippen LogP contribution is -2.12. The van der Waals surface area contributed by atoms with Crippen LogP contribution in [0.3, 0.4) is 0 Å². The van der Waals surface area contributed by atoms with E-state index in [4.69, 9.17) is 9.47 Å². The van der Waals surface area contributed by atoms with E-state index >= 15 is 0 Å². The molecule has 1 amide bonds. The zero-order chi connectivity index (χ0) is 19.1. The standard InChI is InChI=1S/C20H21N3O3S/c1-25-16-10-7-14(8-11-16)9-12-18(24)21-20-23-22-19(27-20)13-15-5-3-4-6-17(15)26-2/h3-8,10-11H,9,12-13H2,1-2H3,(H,21,23,24). The maximum absolute atomic E-state index is 12.2. The number of hydrogen-bond acceptors (Lipinski definition) is 6. The molecule has 3 rings (SSSR count). The smallest absolute Gasteiger partial charge is 0.226 e. The lowest BCUT2D eigenvalue weighted by molar-refractivity contribution is -0.116. The summed E-state index contributed by atoms with van der Waals surface area (Å²) in [5.74, 6) is 1.54. The lowest BCUT2D eigenvalue weighted by Gasteiger charge is -2.05. The van der Waals surface area contributed by atoms with Crippen molar-refractivity contribution in [2.24, 2.45) is 0 Å². The summed E-state index contributed by atoms with van der Waals surface area (Å²) in [6.07, 6.45) is 1.65. The van der Waals surface area contributed by atoms with E-state index in [-0.39, 0.29) is 5.91 Å². The number of carbonyl (C=O) groups excluding carboxylic acids is 1. The first kappa shape index (κ1) is 18.8. The van der Waals surface area contributed by atoms with E-state index in [9.17, 15) is 4.79 Å². The average molecular weight is 383 g/mol. The zero-order valence-corrected chi connectivity index (χ0v) is 16.1. The third-order valence-electron chi connectivity index (χ3n) is 4.05. The Morgan fingerprint density at radius 2 is 1.81 bits per heavy atom. The number of ether oxygens (including phenoxy) is 2. The van der Waals surface area contributed by atoms with Gasteiger partial charge in [-0.3, -0.25) is 4.79 Å². The molecule has 0 bridgehead atoms. The number of aryl methyl sites for hydroxylation is 1. The number of aromatic nitrogens is 2. The first-order chi connectivity index (χ1) is 13.2. The van der Waals surface area contributed by atoms with Gasteiger partial charge in [-0.25, -0.2) is 0 Å². The number of rotatable bonds is 8. The average Bonchev–Trinajstić information content (AvgIpc) is 3.14. The summed E-state index contributed by atoms with van der Waals surface area (Å²) in [7, 11) is 3.28. The minimum atomic E-state index is -0.0780. The van der Waals surface area contributed by atoms with E-state index in [1.54, 1.807) is 14.2 Å². The van der Waals surface area contributed by atoms with E-state index in [0.29, 0.717) is 24.4 Å². The fraction of sp³-hybridized carbons (Fsp3) is 0.250. The fourth-order valence-corrected chi connectivity index (χ4v) is 3.40. The summed E-state index contributed by atoms with van der Waals surface area (Å²) in [4.78, 5) is 12.2. The van der Waals surface area contributed by atoms with Crippen LogP contribution in [0.4, 0.5) is 5.13 Å². The molecule has 0 aliphatic carbocycles.